The maximum atomic E-state index is 14.8. The first kappa shape index (κ1) is 30.3. The number of benzene rings is 1. The summed E-state index contributed by atoms with van der Waals surface area (Å²) in [5.41, 5.74) is -3.71. The summed E-state index contributed by atoms with van der Waals surface area (Å²) >= 11 is 0. The minimum Gasteiger partial charge on any atom is -0.455 e. The zero-order chi connectivity index (χ0) is 30.2. The van der Waals surface area contributed by atoms with Gasteiger partial charge in [0.2, 0.25) is 0 Å². The molecule has 8 atom stereocenters. The number of alkyl halides is 3. The Kier molecular flexibility index (Phi) is 7.15. The second-order valence-electron chi connectivity index (χ2n) is 14.0. The number of methoxy groups -OCH3 is 1. The van der Waals surface area contributed by atoms with Gasteiger partial charge in [-0.05, 0) is 62.4 Å². The van der Waals surface area contributed by atoms with E-state index in [0.717, 1.165) is 31.9 Å². The predicted molar refractivity (Wildman–Crippen MR) is 149 cm³/mol. The third-order valence-electron chi connectivity index (χ3n) is 10.5. The van der Waals surface area contributed by atoms with E-state index in [0.29, 0.717) is 6.42 Å². The number of esters is 1. The van der Waals surface area contributed by atoms with Crippen molar-refractivity contribution in [2.75, 3.05) is 7.11 Å². The van der Waals surface area contributed by atoms with Crippen molar-refractivity contribution in [3.8, 4) is 0 Å². The molecule has 0 amide bonds. The van der Waals surface area contributed by atoms with E-state index in [1.165, 1.54) is 24.3 Å². The summed E-state index contributed by atoms with van der Waals surface area (Å²) < 4.78 is 68.4. The lowest BCUT2D eigenvalue weighted by atomic mass is 9.43. The van der Waals surface area contributed by atoms with Gasteiger partial charge in [-0.1, -0.05) is 70.2 Å². The van der Waals surface area contributed by atoms with Gasteiger partial charge in [-0.3, -0.25) is 0 Å². The fourth-order valence-corrected chi connectivity index (χ4v) is 8.62. The number of carbonyl (C=O) groups is 1. The molecular formula is C33H43F3O5. The van der Waals surface area contributed by atoms with Gasteiger partial charge in [0.1, 0.15) is 6.10 Å². The molecule has 41 heavy (non-hydrogen) atoms. The van der Waals surface area contributed by atoms with E-state index in [1.807, 2.05) is 19.9 Å². The lowest BCUT2D eigenvalue weighted by molar-refractivity contribution is -0.279. The molecule has 3 fully saturated rings. The third-order valence-corrected chi connectivity index (χ3v) is 10.5. The Morgan fingerprint density at radius 1 is 1.07 bits per heavy atom. The van der Waals surface area contributed by atoms with Gasteiger partial charge in [0, 0.05) is 23.5 Å². The highest BCUT2D eigenvalue weighted by Crippen LogP contribution is 2.67. The lowest BCUT2D eigenvalue weighted by Crippen LogP contribution is -2.64. The zero-order valence-electron chi connectivity index (χ0n) is 25.1. The van der Waals surface area contributed by atoms with Crippen LogP contribution in [0.25, 0.3) is 0 Å². The molecule has 1 saturated heterocycles. The van der Waals surface area contributed by atoms with Crippen LogP contribution in [0.15, 0.2) is 54.6 Å². The first-order valence-corrected chi connectivity index (χ1v) is 14.5. The van der Waals surface area contributed by atoms with Crippen molar-refractivity contribution in [2.45, 2.75) is 103 Å². The fraction of sp³-hybridized carbons (Fsp3) is 0.667. The quantitative estimate of drug-likeness (QED) is 0.268. The van der Waals surface area contributed by atoms with Gasteiger partial charge in [-0.2, -0.15) is 13.2 Å². The first-order chi connectivity index (χ1) is 18.9. The lowest BCUT2D eigenvalue weighted by Gasteiger charge is -2.63. The van der Waals surface area contributed by atoms with Crippen molar-refractivity contribution < 1.29 is 36.9 Å². The average Bonchev–Trinajstić information content (AvgIpc) is 3.19. The fourth-order valence-electron chi connectivity index (χ4n) is 8.62. The molecule has 4 aliphatic rings. The van der Waals surface area contributed by atoms with Gasteiger partial charge >= 0.3 is 12.1 Å². The molecule has 0 N–H and O–H groups in total. The second kappa shape index (κ2) is 9.68. The van der Waals surface area contributed by atoms with E-state index in [2.05, 4.69) is 40.3 Å². The molecule has 5 rings (SSSR count). The number of hydrogen-bond acceptors (Lipinski definition) is 5. The van der Waals surface area contributed by atoms with Crippen molar-refractivity contribution in [1.29, 1.82) is 0 Å². The molecule has 2 saturated carbocycles. The van der Waals surface area contributed by atoms with Crippen LogP contribution in [0.1, 0.15) is 72.8 Å². The Balaban J connectivity index is 1.61. The summed E-state index contributed by atoms with van der Waals surface area (Å²) in [6.45, 7) is 16.6. The van der Waals surface area contributed by atoms with Crippen molar-refractivity contribution in [3.05, 3.63) is 60.2 Å². The Labute approximate surface area is 241 Å². The first-order valence-electron chi connectivity index (χ1n) is 14.5. The van der Waals surface area contributed by atoms with Crippen molar-refractivity contribution in [2.24, 2.45) is 28.1 Å². The van der Waals surface area contributed by atoms with E-state index in [1.54, 1.807) is 6.07 Å². The second-order valence-corrected chi connectivity index (χ2v) is 14.0. The number of halogens is 3. The minimum absolute atomic E-state index is 0.00124. The minimum atomic E-state index is -5.04. The standard InChI is InChI=1S/C33H43F3O5/c1-9-30(6)16-15-22-21(18-30)23(39-27(37)32(38-8,33(34,35)36)20-13-11-10-12-14-20)17-25-28(2,3)19-24-26(31(22,25)7)41-29(4,5)40-24/h9-14,18,22-26H,1,15-17,19H2,2-8H3/t22-,23-,24-,25-,26-,30-,31+,32+/m0/s1. The summed E-state index contributed by atoms with van der Waals surface area (Å²) in [7, 11) is 0.903. The highest BCUT2D eigenvalue weighted by atomic mass is 19.4. The SMILES string of the molecule is C=C[C@]1(C)C=C2[C@@H](OC(=O)[C@](OC)(c3ccccc3)C(F)(F)F)C[C@H]3C(C)(C)C[C@@H]4OC(C)(C)O[C@@H]4[C@]3(C)[C@H]2CC1. The topological polar surface area (TPSA) is 54.0 Å². The molecule has 0 bridgehead atoms. The molecule has 3 aliphatic carbocycles. The molecule has 226 valence electrons. The van der Waals surface area contributed by atoms with Crippen LogP contribution in [0.5, 0.6) is 0 Å². The van der Waals surface area contributed by atoms with E-state index >= 15 is 0 Å². The highest BCUT2D eigenvalue weighted by Gasteiger charge is 2.69. The van der Waals surface area contributed by atoms with Crippen molar-refractivity contribution in [1.82, 2.24) is 0 Å². The summed E-state index contributed by atoms with van der Waals surface area (Å²) in [4.78, 5) is 13.8. The largest absolute Gasteiger partial charge is 0.455 e. The van der Waals surface area contributed by atoms with E-state index in [-0.39, 0.29) is 45.9 Å². The Hall–Kier alpha value is -2.16. The van der Waals surface area contributed by atoms with Gasteiger partial charge in [0.15, 0.2) is 5.79 Å². The van der Waals surface area contributed by atoms with Crippen LogP contribution in [-0.4, -0.2) is 43.4 Å². The number of ether oxygens (including phenoxy) is 4. The number of fused-ring (bicyclic) bond motifs is 5. The Morgan fingerprint density at radius 2 is 1.73 bits per heavy atom. The molecule has 1 heterocycles. The number of carbonyl (C=O) groups excluding carboxylic acids is 1. The van der Waals surface area contributed by atoms with Crippen LogP contribution < -0.4 is 0 Å². The predicted octanol–water partition coefficient (Wildman–Crippen LogP) is 7.51. The molecule has 1 aromatic rings. The third kappa shape index (κ3) is 4.60. The summed E-state index contributed by atoms with van der Waals surface area (Å²) in [5, 5.41) is 0. The summed E-state index contributed by atoms with van der Waals surface area (Å²) in [6, 6.07) is 7.00. The van der Waals surface area contributed by atoms with E-state index in [9.17, 15) is 18.0 Å². The van der Waals surface area contributed by atoms with Gasteiger partial charge in [0.05, 0.1) is 12.2 Å². The van der Waals surface area contributed by atoms with Gasteiger partial charge in [-0.25, -0.2) is 4.79 Å². The molecule has 5 nitrogen and oxygen atoms in total. The molecule has 0 aromatic heterocycles. The smallest absolute Gasteiger partial charge is 0.432 e. The van der Waals surface area contributed by atoms with E-state index in [4.69, 9.17) is 18.9 Å². The van der Waals surface area contributed by atoms with Crippen LogP contribution >= 0.6 is 0 Å². The maximum absolute atomic E-state index is 14.8. The van der Waals surface area contributed by atoms with Crippen LogP contribution in [0, 0.1) is 28.1 Å². The van der Waals surface area contributed by atoms with Crippen molar-refractivity contribution in [3.63, 3.8) is 0 Å². The molecular weight excluding hydrogens is 533 g/mol. The molecule has 0 radical (unpaired) electrons. The molecule has 8 heteroatoms. The van der Waals surface area contributed by atoms with Crippen LogP contribution in [-0.2, 0) is 29.3 Å². The molecule has 1 aliphatic heterocycles. The molecule has 1 aromatic carbocycles. The number of rotatable bonds is 5. The van der Waals surface area contributed by atoms with E-state index < -0.39 is 29.6 Å². The average molecular weight is 577 g/mol. The van der Waals surface area contributed by atoms with Gasteiger partial charge in [0.25, 0.3) is 5.60 Å². The zero-order valence-corrected chi connectivity index (χ0v) is 25.1. The Bertz CT molecular complexity index is 1220. The molecule has 0 spiro atoms. The highest BCUT2D eigenvalue weighted by molar-refractivity contribution is 5.83. The monoisotopic (exact) mass is 576 g/mol. The summed E-state index contributed by atoms with van der Waals surface area (Å²) in [5.74, 6) is -2.26. The maximum Gasteiger partial charge on any atom is 0.432 e. The number of allylic oxidation sites excluding steroid dienone is 2. The van der Waals surface area contributed by atoms with Gasteiger partial charge in [-0.15, -0.1) is 6.58 Å². The Morgan fingerprint density at radius 3 is 2.32 bits per heavy atom. The van der Waals surface area contributed by atoms with Crippen LogP contribution in [0.4, 0.5) is 13.2 Å². The summed E-state index contributed by atoms with van der Waals surface area (Å²) in [6.07, 6.45) is 0.483. The normalized spacial score (nSPS) is 38.9. The van der Waals surface area contributed by atoms with Crippen LogP contribution in [0.2, 0.25) is 0 Å². The van der Waals surface area contributed by atoms with Crippen molar-refractivity contribution >= 4 is 5.97 Å². The number of hydrogen-bond donors (Lipinski definition) is 0. The van der Waals surface area contributed by atoms with Crippen LogP contribution in [0.3, 0.4) is 0 Å². The molecule has 0 unspecified atom stereocenters. The van der Waals surface area contributed by atoms with Gasteiger partial charge < -0.3 is 18.9 Å².